The fourth-order valence-corrected chi connectivity index (χ4v) is 3.67. The van der Waals surface area contributed by atoms with E-state index in [1.54, 1.807) is 12.1 Å². The van der Waals surface area contributed by atoms with E-state index in [-0.39, 0.29) is 0 Å². The van der Waals surface area contributed by atoms with Crippen LogP contribution in [0.4, 0.5) is 8.78 Å². The lowest BCUT2D eigenvalue weighted by Gasteiger charge is -2.30. The van der Waals surface area contributed by atoms with Crippen molar-refractivity contribution in [3.05, 3.63) is 23.8 Å². The molecule has 0 radical (unpaired) electrons. The van der Waals surface area contributed by atoms with Crippen LogP contribution in [0.2, 0.25) is 0 Å². The van der Waals surface area contributed by atoms with E-state index in [0.29, 0.717) is 9.79 Å². The lowest BCUT2D eigenvalue weighted by molar-refractivity contribution is 0.474. The second kappa shape index (κ2) is 4.22. The molecule has 1 aromatic rings. The van der Waals surface area contributed by atoms with Crippen molar-refractivity contribution in [1.82, 2.24) is 0 Å². The van der Waals surface area contributed by atoms with Gasteiger partial charge in [-0.1, -0.05) is 0 Å². The summed E-state index contributed by atoms with van der Waals surface area (Å²) in [6, 6.07) is 3.50. The third kappa shape index (κ3) is 2.72. The Morgan fingerprint density at radius 2 is 0.938 bits per heavy atom. The summed E-state index contributed by atoms with van der Waals surface area (Å²) >= 11 is 0. The first-order valence-corrected chi connectivity index (χ1v) is 10.6. The number of rotatable bonds is 2. The van der Waals surface area contributed by atoms with Gasteiger partial charge in [-0.3, -0.25) is 0 Å². The first-order valence-electron chi connectivity index (χ1n) is 4.90. The number of hydrogen-bond acceptors (Lipinski definition) is 0. The number of hydrogen-bond donors (Lipinski definition) is 0. The summed E-state index contributed by atoms with van der Waals surface area (Å²) in [6.45, 7) is 0. The Hall–Kier alpha value is -0.220. The van der Waals surface area contributed by atoms with Gasteiger partial charge in [-0.25, -0.2) is 28.8 Å². The zero-order chi connectivity index (χ0) is 12.7. The molecule has 94 valence electrons. The van der Waals surface area contributed by atoms with Gasteiger partial charge in [0, 0.05) is 9.79 Å². The summed E-state index contributed by atoms with van der Waals surface area (Å²) in [7, 11) is -2.45. The molecule has 0 saturated carbocycles. The van der Waals surface area contributed by atoms with E-state index in [0.717, 1.165) is 0 Å². The minimum Gasteiger partial charge on any atom is -0.220 e. The average molecular weight is 266 g/mol. The molecule has 0 unspecified atom stereocenters. The lowest BCUT2D eigenvalue weighted by atomic mass is 10.3. The fraction of sp³-hybridized carbons (Fsp3) is 0.500. The molecule has 16 heavy (non-hydrogen) atoms. The highest BCUT2D eigenvalue weighted by molar-refractivity contribution is 8.32. The van der Waals surface area contributed by atoms with E-state index in [4.69, 9.17) is 0 Å². The SMILES string of the molecule is CS(C)(C)c1ccc(S(C)(C)C)c(F)c1F. The monoisotopic (exact) mass is 266 g/mol. The average Bonchev–Trinajstić information content (AvgIpc) is 2.05. The molecule has 0 aliphatic heterocycles. The van der Waals surface area contributed by atoms with E-state index >= 15 is 0 Å². The molecular formula is C12H20F2S2. The molecule has 0 heterocycles. The van der Waals surface area contributed by atoms with Crippen molar-refractivity contribution in [2.45, 2.75) is 9.79 Å². The largest absolute Gasteiger partial charge is 0.220 e. The highest BCUT2D eigenvalue weighted by Gasteiger charge is 2.23. The first-order chi connectivity index (χ1) is 7.05. The van der Waals surface area contributed by atoms with Gasteiger partial charge in [0.25, 0.3) is 0 Å². The minimum atomic E-state index is -1.22. The maximum atomic E-state index is 13.9. The minimum absolute atomic E-state index is 0.525. The maximum Gasteiger partial charge on any atom is 0.171 e. The molecule has 1 rings (SSSR count). The van der Waals surface area contributed by atoms with Crippen LogP contribution in [-0.4, -0.2) is 37.5 Å². The molecule has 0 N–H and O–H groups in total. The number of halogens is 2. The normalized spacial score (nSPS) is 15.0. The summed E-state index contributed by atoms with van der Waals surface area (Å²) in [5.41, 5.74) is 0. The first kappa shape index (κ1) is 13.8. The summed E-state index contributed by atoms with van der Waals surface area (Å²) in [5.74, 6) is -1.30. The van der Waals surface area contributed by atoms with Crippen LogP contribution < -0.4 is 0 Å². The molecule has 4 heteroatoms. The van der Waals surface area contributed by atoms with Crippen molar-refractivity contribution < 1.29 is 8.78 Å². The van der Waals surface area contributed by atoms with Crippen LogP contribution in [0.5, 0.6) is 0 Å². The smallest absolute Gasteiger partial charge is 0.171 e. The van der Waals surface area contributed by atoms with Crippen LogP contribution >= 0.6 is 20.1 Å². The van der Waals surface area contributed by atoms with Gasteiger partial charge in [0.2, 0.25) is 0 Å². The molecular weight excluding hydrogens is 246 g/mol. The van der Waals surface area contributed by atoms with E-state index in [2.05, 4.69) is 0 Å². The van der Waals surface area contributed by atoms with Gasteiger partial charge in [-0.15, -0.1) is 0 Å². The quantitative estimate of drug-likeness (QED) is 0.757. The highest BCUT2D eigenvalue weighted by atomic mass is 32.3. The third-order valence-electron chi connectivity index (χ3n) is 2.33. The van der Waals surface area contributed by atoms with Gasteiger partial charge in [-0.2, -0.15) is 0 Å². The summed E-state index contributed by atoms with van der Waals surface area (Å²) in [5, 5.41) is 0. The number of benzene rings is 1. The zero-order valence-electron chi connectivity index (χ0n) is 10.7. The summed E-state index contributed by atoms with van der Waals surface area (Å²) in [4.78, 5) is 1.05. The van der Waals surface area contributed by atoms with Gasteiger partial charge in [-0.05, 0) is 49.7 Å². The molecule has 1 aromatic carbocycles. The molecule has 0 aliphatic rings. The Balaban J connectivity index is 3.41. The van der Waals surface area contributed by atoms with E-state index < -0.39 is 31.7 Å². The molecule has 0 spiro atoms. The topological polar surface area (TPSA) is 0 Å². The van der Waals surface area contributed by atoms with Gasteiger partial charge in [0.1, 0.15) is 0 Å². The molecule has 0 bridgehead atoms. The Morgan fingerprint density at radius 1 is 0.688 bits per heavy atom. The Labute approximate surface area is 100 Å². The van der Waals surface area contributed by atoms with Crippen molar-refractivity contribution >= 4 is 20.1 Å². The van der Waals surface area contributed by atoms with Crippen molar-refractivity contribution in [2.75, 3.05) is 37.5 Å². The van der Waals surface area contributed by atoms with Crippen molar-refractivity contribution in [3.63, 3.8) is 0 Å². The fourth-order valence-electron chi connectivity index (χ4n) is 1.46. The molecule has 0 amide bonds. The third-order valence-corrected chi connectivity index (χ3v) is 5.60. The standard InChI is InChI=1S/C12H20F2S2/c1-15(2,3)9-7-8-10(16(4,5)6)12(14)11(9)13/h7-8H,1-6H3. The van der Waals surface area contributed by atoms with Gasteiger partial charge < -0.3 is 0 Å². The van der Waals surface area contributed by atoms with Crippen LogP contribution in [0.25, 0.3) is 0 Å². The zero-order valence-corrected chi connectivity index (χ0v) is 12.4. The highest BCUT2D eigenvalue weighted by Crippen LogP contribution is 2.52. The second-order valence-electron chi connectivity index (χ2n) is 5.36. The molecule has 0 aliphatic carbocycles. The Morgan fingerprint density at radius 3 is 1.12 bits per heavy atom. The Bertz CT molecular complexity index is 362. The van der Waals surface area contributed by atoms with Gasteiger partial charge >= 0.3 is 0 Å². The lowest BCUT2D eigenvalue weighted by Crippen LogP contribution is -2.04. The Kier molecular flexibility index (Phi) is 3.65. The van der Waals surface area contributed by atoms with Gasteiger partial charge in [0.05, 0.1) is 0 Å². The van der Waals surface area contributed by atoms with Crippen LogP contribution in [-0.2, 0) is 0 Å². The summed E-state index contributed by atoms with van der Waals surface area (Å²) < 4.78 is 27.9. The van der Waals surface area contributed by atoms with Crippen molar-refractivity contribution in [3.8, 4) is 0 Å². The molecule has 0 aromatic heterocycles. The second-order valence-corrected chi connectivity index (χ2v) is 13.6. The molecule has 0 nitrogen and oxygen atoms in total. The van der Waals surface area contributed by atoms with Crippen LogP contribution in [0.15, 0.2) is 21.9 Å². The van der Waals surface area contributed by atoms with Crippen LogP contribution in [0, 0.1) is 11.6 Å². The van der Waals surface area contributed by atoms with E-state index in [1.807, 2.05) is 37.5 Å². The van der Waals surface area contributed by atoms with Gasteiger partial charge in [0.15, 0.2) is 11.6 Å². The van der Waals surface area contributed by atoms with Crippen molar-refractivity contribution in [1.29, 1.82) is 0 Å². The molecule has 0 atom stereocenters. The van der Waals surface area contributed by atoms with Crippen molar-refractivity contribution in [2.24, 2.45) is 0 Å². The van der Waals surface area contributed by atoms with Crippen LogP contribution in [0.3, 0.4) is 0 Å². The van der Waals surface area contributed by atoms with Crippen LogP contribution in [0.1, 0.15) is 0 Å². The van der Waals surface area contributed by atoms with E-state index in [9.17, 15) is 8.78 Å². The maximum absolute atomic E-state index is 13.9. The summed E-state index contributed by atoms with van der Waals surface area (Å²) in [6.07, 6.45) is 11.8. The molecule has 0 fully saturated rings. The van der Waals surface area contributed by atoms with E-state index in [1.165, 1.54) is 0 Å². The predicted molar refractivity (Wildman–Crippen MR) is 73.6 cm³/mol. The predicted octanol–water partition coefficient (Wildman–Crippen LogP) is 4.07. The molecule has 0 saturated heterocycles.